The van der Waals surface area contributed by atoms with Gasteiger partial charge < -0.3 is 5.32 Å². The topological polar surface area (TPSA) is 42.2 Å². The smallest absolute Gasteiger partial charge is 0.0892 e. The lowest BCUT2D eigenvalue weighted by atomic mass is 9.87. The SMILES string of the molecule is CNC(CCC(C)(C)C)c1cnn2ccncc12. The van der Waals surface area contributed by atoms with E-state index in [9.17, 15) is 0 Å². The molecule has 0 aliphatic rings. The van der Waals surface area contributed by atoms with Crippen LogP contribution in [-0.2, 0) is 0 Å². The zero-order chi connectivity index (χ0) is 13.2. The van der Waals surface area contributed by atoms with Crippen LogP contribution in [0.3, 0.4) is 0 Å². The molecule has 0 saturated heterocycles. The summed E-state index contributed by atoms with van der Waals surface area (Å²) >= 11 is 0. The summed E-state index contributed by atoms with van der Waals surface area (Å²) in [6.45, 7) is 6.83. The molecule has 0 aliphatic carbocycles. The zero-order valence-electron chi connectivity index (χ0n) is 11.6. The van der Waals surface area contributed by atoms with Gasteiger partial charge in [0, 0.05) is 24.0 Å². The normalized spacial score (nSPS) is 14.0. The summed E-state index contributed by atoms with van der Waals surface area (Å²) in [5, 5.41) is 7.76. The Balaban J connectivity index is 2.22. The highest BCUT2D eigenvalue weighted by Crippen LogP contribution is 2.28. The molecule has 1 unspecified atom stereocenters. The second-order valence-corrected chi connectivity index (χ2v) is 5.95. The van der Waals surface area contributed by atoms with E-state index >= 15 is 0 Å². The third-order valence-electron chi connectivity index (χ3n) is 3.26. The summed E-state index contributed by atoms with van der Waals surface area (Å²) in [4.78, 5) is 4.18. The molecule has 0 radical (unpaired) electrons. The second-order valence-electron chi connectivity index (χ2n) is 5.95. The Bertz CT molecular complexity index is 510. The Labute approximate surface area is 108 Å². The molecule has 0 spiro atoms. The van der Waals surface area contributed by atoms with Gasteiger partial charge in [0.1, 0.15) is 0 Å². The summed E-state index contributed by atoms with van der Waals surface area (Å²) in [6.07, 6.45) is 9.75. The number of hydrogen-bond donors (Lipinski definition) is 1. The van der Waals surface area contributed by atoms with Crippen LogP contribution in [0.5, 0.6) is 0 Å². The minimum atomic E-state index is 0.339. The van der Waals surface area contributed by atoms with Gasteiger partial charge in [-0.3, -0.25) is 4.98 Å². The summed E-state index contributed by atoms with van der Waals surface area (Å²) in [5.41, 5.74) is 2.68. The van der Waals surface area contributed by atoms with Crippen LogP contribution in [0.15, 0.2) is 24.8 Å². The van der Waals surface area contributed by atoms with Gasteiger partial charge in [-0.15, -0.1) is 0 Å². The standard InChI is InChI=1S/C14H22N4/c1-14(2,3)6-5-12(15-4)11-9-17-18-8-7-16-10-13(11)18/h7-10,12,15H,5-6H2,1-4H3. The van der Waals surface area contributed by atoms with Crippen molar-refractivity contribution in [2.45, 2.75) is 39.7 Å². The average molecular weight is 246 g/mol. The average Bonchev–Trinajstić information content (AvgIpc) is 2.73. The van der Waals surface area contributed by atoms with Gasteiger partial charge in [0.05, 0.1) is 17.9 Å². The summed E-state index contributed by atoms with van der Waals surface area (Å²) < 4.78 is 1.88. The molecule has 1 atom stereocenters. The molecule has 0 aromatic carbocycles. The predicted octanol–water partition coefficient (Wildman–Crippen LogP) is 2.82. The minimum absolute atomic E-state index is 0.339. The first-order valence-electron chi connectivity index (χ1n) is 6.46. The lowest BCUT2D eigenvalue weighted by Gasteiger charge is -2.22. The van der Waals surface area contributed by atoms with Crippen LogP contribution in [-0.4, -0.2) is 21.6 Å². The number of nitrogens with zero attached hydrogens (tertiary/aromatic N) is 3. The molecule has 4 nitrogen and oxygen atoms in total. The molecule has 0 aliphatic heterocycles. The van der Waals surface area contributed by atoms with Gasteiger partial charge in [-0.1, -0.05) is 20.8 Å². The van der Waals surface area contributed by atoms with Crippen LogP contribution in [0.25, 0.3) is 5.52 Å². The number of aromatic nitrogens is 3. The van der Waals surface area contributed by atoms with Crippen molar-refractivity contribution in [1.82, 2.24) is 19.9 Å². The number of hydrogen-bond acceptors (Lipinski definition) is 3. The summed E-state index contributed by atoms with van der Waals surface area (Å²) in [6, 6.07) is 0.339. The van der Waals surface area contributed by atoms with Crippen LogP contribution in [0.1, 0.15) is 45.2 Å². The molecule has 2 aromatic heterocycles. The number of rotatable bonds is 4. The molecule has 1 N–H and O–H groups in total. The van der Waals surface area contributed by atoms with Crippen molar-refractivity contribution in [3.63, 3.8) is 0 Å². The Morgan fingerprint density at radius 3 is 2.78 bits per heavy atom. The Morgan fingerprint density at radius 2 is 2.11 bits per heavy atom. The highest BCUT2D eigenvalue weighted by atomic mass is 15.2. The fourth-order valence-corrected chi connectivity index (χ4v) is 2.15. The van der Waals surface area contributed by atoms with E-state index in [4.69, 9.17) is 0 Å². The minimum Gasteiger partial charge on any atom is -0.313 e. The number of fused-ring (bicyclic) bond motifs is 1. The highest BCUT2D eigenvalue weighted by Gasteiger charge is 2.18. The third kappa shape index (κ3) is 2.88. The van der Waals surface area contributed by atoms with E-state index in [1.165, 1.54) is 12.0 Å². The lowest BCUT2D eigenvalue weighted by molar-refractivity contribution is 0.338. The van der Waals surface area contributed by atoms with Crippen molar-refractivity contribution < 1.29 is 0 Å². The van der Waals surface area contributed by atoms with Crippen molar-refractivity contribution in [2.75, 3.05) is 7.05 Å². The lowest BCUT2D eigenvalue weighted by Crippen LogP contribution is -2.18. The Morgan fingerprint density at radius 1 is 1.33 bits per heavy atom. The Kier molecular flexibility index (Phi) is 3.66. The molecule has 4 heteroatoms. The predicted molar refractivity (Wildman–Crippen MR) is 73.5 cm³/mol. The van der Waals surface area contributed by atoms with Crippen molar-refractivity contribution >= 4 is 5.52 Å². The van der Waals surface area contributed by atoms with Crippen LogP contribution >= 0.6 is 0 Å². The van der Waals surface area contributed by atoms with E-state index in [0.29, 0.717) is 11.5 Å². The Hall–Kier alpha value is -1.42. The molecule has 18 heavy (non-hydrogen) atoms. The quantitative estimate of drug-likeness (QED) is 0.902. The van der Waals surface area contributed by atoms with E-state index < -0.39 is 0 Å². The largest absolute Gasteiger partial charge is 0.313 e. The highest BCUT2D eigenvalue weighted by molar-refractivity contribution is 5.53. The van der Waals surface area contributed by atoms with E-state index in [-0.39, 0.29) is 0 Å². The maximum Gasteiger partial charge on any atom is 0.0892 e. The first-order chi connectivity index (χ1) is 8.51. The zero-order valence-corrected chi connectivity index (χ0v) is 11.6. The molecule has 98 valence electrons. The monoisotopic (exact) mass is 246 g/mol. The van der Waals surface area contributed by atoms with Gasteiger partial charge in [0.2, 0.25) is 0 Å². The van der Waals surface area contributed by atoms with E-state index in [0.717, 1.165) is 11.9 Å². The molecule has 0 saturated carbocycles. The molecule has 2 heterocycles. The molecule has 0 fully saturated rings. The number of nitrogens with one attached hydrogen (secondary N) is 1. The fraction of sp³-hybridized carbons (Fsp3) is 0.571. The van der Waals surface area contributed by atoms with Crippen molar-refractivity contribution in [3.8, 4) is 0 Å². The van der Waals surface area contributed by atoms with E-state index in [1.54, 1.807) is 6.20 Å². The van der Waals surface area contributed by atoms with Gasteiger partial charge in [0.15, 0.2) is 0 Å². The van der Waals surface area contributed by atoms with E-state index in [1.807, 2.05) is 30.2 Å². The first-order valence-corrected chi connectivity index (χ1v) is 6.46. The van der Waals surface area contributed by atoms with Gasteiger partial charge in [0.25, 0.3) is 0 Å². The molecule has 0 amide bonds. The van der Waals surface area contributed by atoms with Gasteiger partial charge >= 0.3 is 0 Å². The van der Waals surface area contributed by atoms with E-state index in [2.05, 4.69) is 36.2 Å². The van der Waals surface area contributed by atoms with Gasteiger partial charge in [-0.2, -0.15) is 5.10 Å². The molecule has 2 aromatic rings. The van der Waals surface area contributed by atoms with Crippen LogP contribution in [0.4, 0.5) is 0 Å². The van der Waals surface area contributed by atoms with Crippen LogP contribution in [0, 0.1) is 5.41 Å². The summed E-state index contributed by atoms with van der Waals surface area (Å²) in [5.74, 6) is 0. The molecular weight excluding hydrogens is 224 g/mol. The van der Waals surface area contributed by atoms with Gasteiger partial charge in [-0.25, -0.2) is 4.52 Å². The van der Waals surface area contributed by atoms with Gasteiger partial charge in [-0.05, 0) is 25.3 Å². The summed E-state index contributed by atoms with van der Waals surface area (Å²) in [7, 11) is 2.01. The van der Waals surface area contributed by atoms with Crippen molar-refractivity contribution in [3.05, 3.63) is 30.4 Å². The fourth-order valence-electron chi connectivity index (χ4n) is 2.15. The van der Waals surface area contributed by atoms with Crippen molar-refractivity contribution in [2.24, 2.45) is 5.41 Å². The molecule has 2 rings (SSSR count). The third-order valence-corrected chi connectivity index (χ3v) is 3.26. The molecular formula is C14H22N4. The maximum absolute atomic E-state index is 4.37. The van der Waals surface area contributed by atoms with Crippen LogP contribution in [0.2, 0.25) is 0 Å². The second kappa shape index (κ2) is 5.06. The maximum atomic E-state index is 4.37. The first kappa shape index (κ1) is 13.0. The molecule has 0 bridgehead atoms. The van der Waals surface area contributed by atoms with Crippen molar-refractivity contribution in [1.29, 1.82) is 0 Å². The van der Waals surface area contributed by atoms with Crippen LogP contribution < -0.4 is 5.32 Å².